The van der Waals surface area contributed by atoms with Crippen LogP contribution in [0.2, 0.25) is 0 Å². The number of nitro groups is 1. The normalized spacial score (nSPS) is 22.6. The molecule has 0 radical (unpaired) electrons. The van der Waals surface area contributed by atoms with Crippen molar-refractivity contribution in [2.75, 3.05) is 19.5 Å². The van der Waals surface area contributed by atoms with Crippen molar-refractivity contribution in [1.82, 2.24) is 0 Å². The predicted molar refractivity (Wildman–Crippen MR) is 107 cm³/mol. The first-order chi connectivity index (χ1) is 13.0. The third-order valence-corrected chi connectivity index (χ3v) is 5.87. The Balaban J connectivity index is 1.87. The molecule has 2 aromatic carbocycles. The summed E-state index contributed by atoms with van der Waals surface area (Å²) in [5.74, 6) is 1.62. The molecule has 4 rings (SSSR count). The average molecular weight is 431 g/mol. The quantitative estimate of drug-likeness (QED) is 0.409. The maximum Gasteiger partial charge on any atom is 0.273 e. The van der Waals surface area contributed by atoms with Crippen molar-refractivity contribution in [3.8, 4) is 11.5 Å². The first-order valence-corrected chi connectivity index (χ1v) is 9.45. The Morgan fingerprint density at radius 2 is 1.93 bits per heavy atom. The highest BCUT2D eigenvalue weighted by molar-refractivity contribution is 9.10. The SMILES string of the molecule is COc1ccc(Br)cc1[C@@H]1Nc2c(OC)cc([N+](=O)[O-])cc2[C@H]2C=CC[C@@H]21. The van der Waals surface area contributed by atoms with E-state index < -0.39 is 0 Å². The number of nitrogens with one attached hydrogen (secondary N) is 1. The van der Waals surface area contributed by atoms with Crippen LogP contribution in [-0.4, -0.2) is 19.1 Å². The van der Waals surface area contributed by atoms with E-state index in [2.05, 4.69) is 39.5 Å². The number of allylic oxidation sites excluding steroid dienone is 2. The number of anilines is 1. The third-order valence-electron chi connectivity index (χ3n) is 5.38. The van der Waals surface area contributed by atoms with Gasteiger partial charge in [-0.3, -0.25) is 10.1 Å². The highest BCUT2D eigenvalue weighted by Gasteiger charge is 2.41. The Labute approximate surface area is 165 Å². The number of ether oxygens (including phenoxy) is 2. The van der Waals surface area contributed by atoms with Gasteiger partial charge in [0.25, 0.3) is 5.69 Å². The number of fused-ring (bicyclic) bond motifs is 3. The maximum atomic E-state index is 11.3. The lowest BCUT2D eigenvalue weighted by molar-refractivity contribution is -0.385. The molecule has 0 saturated carbocycles. The number of hydrogen-bond donors (Lipinski definition) is 1. The first-order valence-electron chi connectivity index (χ1n) is 8.66. The fourth-order valence-electron chi connectivity index (χ4n) is 4.17. The maximum absolute atomic E-state index is 11.3. The molecule has 6 nitrogen and oxygen atoms in total. The molecule has 0 aromatic heterocycles. The van der Waals surface area contributed by atoms with Gasteiger partial charge in [-0.2, -0.15) is 0 Å². The van der Waals surface area contributed by atoms with E-state index in [9.17, 15) is 10.1 Å². The van der Waals surface area contributed by atoms with Gasteiger partial charge in [-0.05, 0) is 36.1 Å². The number of benzene rings is 2. The molecule has 1 aliphatic heterocycles. The van der Waals surface area contributed by atoms with Gasteiger partial charge in [-0.15, -0.1) is 0 Å². The molecule has 7 heteroatoms. The number of methoxy groups -OCH3 is 2. The van der Waals surface area contributed by atoms with E-state index in [0.717, 1.165) is 33.5 Å². The molecule has 0 saturated heterocycles. The standard InChI is InChI=1S/C20H19BrN2O4/c1-26-17-7-6-11(21)8-16(17)19-14-5-3-4-13(14)15-9-12(23(24)25)10-18(27-2)20(15)22-19/h3-4,6-10,13-14,19,22H,5H2,1-2H3/t13-,14-,19+/m0/s1. The van der Waals surface area contributed by atoms with E-state index in [-0.39, 0.29) is 28.5 Å². The van der Waals surface area contributed by atoms with Crippen LogP contribution in [0.15, 0.2) is 47.0 Å². The molecule has 140 valence electrons. The number of non-ortho nitro benzene ring substituents is 1. The Bertz CT molecular complexity index is 944. The van der Waals surface area contributed by atoms with E-state index >= 15 is 0 Å². The average Bonchev–Trinajstić information content (AvgIpc) is 3.16. The van der Waals surface area contributed by atoms with Gasteiger partial charge in [0.05, 0.1) is 36.9 Å². The van der Waals surface area contributed by atoms with Crippen molar-refractivity contribution in [3.63, 3.8) is 0 Å². The summed E-state index contributed by atoms with van der Waals surface area (Å²) < 4.78 is 12.1. The zero-order valence-electron chi connectivity index (χ0n) is 14.9. The number of nitro benzene ring substituents is 1. The van der Waals surface area contributed by atoms with Crippen LogP contribution in [0.3, 0.4) is 0 Å². The van der Waals surface area contributed by atoms with Crippen LogP contribution in [-0.2, 0) is 0 Å². The second-order valence-electron chi connectivity index (χ2n) is 6.73. The number of hydrogen-bond acceptors (Lipinski definition) is 5. The Morgan fingerprint density at radius 3 is 2.63 bits per heavy atom. The Morgan fingerprint density at radius 1 is 1.15 bits per heavy atom. The molecule has 2 aliphatic rings. The highest BCUT2D eigenvalue weighted by Crippen LogP contribution is 2.54. The number of nitrogens with zero attached hydrogens (tertiary/aromatic N) is 1. The van der Waals surface area contributed by atoms with Crippen LogP contribution in [0, 0.1) is 16.0 Å². The number of rotatable bonds is 4. The van der Waals surface area contributed by atoms with Gasteiger partial charge >= 0.3 is 0 Å². The Hall–Kier alpha value is -2.54. The van der Waals surface area contributed by atoms with Gasteiger partial charge in [0.15, 0.2) is 0 Å². The number of halogens is 1. The van der Waals surface area contributed by atoms with Crippen molar-refractivity contribution < 1.29 is 14.4 Å². The van der Waals surface area contributed by atoms with E-state index in [1.54, 1.807) is 13.2 Å². The molecule has 0 fully saturated rings. The molecule has 0 spiro atoms. The van der Waals surface area contributed by atoms with Gasteiger partial charge in [-0.25, -0.2) is 0 Å². The summed E-state index contributed by atoms with van der Waals surface area (Å²) in [6.07, 6.45) is 5.18. The summed E-state index contributed by atoms with van der Waals surface area (Å²) in [6.45, 7) is 0. The second kappa shape index (κ2) is 6.88. The van der Waals surface area contributed by atoms with Crippen molar-refractivity contribution in [3.05, 3.63) is 68.2 Å². The van der Waals surface area contributed by atoms with Crippen molar-refractivity contribution >= 4 is 27.3 Å². The monoisotopic (exact) mass is 430 g/mol. The smallest absolute Gasteiger partial charge is 0.273 e. The van der Waals surface area contributed by atoms with E-state index in [4.69, 9.17) is 9.47 Å². The van der Waals surface area contributed by atoms with Crippen LogP contribution in [0.4, 0.5) is 11.4 Å². The van der Waals surface area contributed by atoms with Crippen LogP contribution in [0.5, 0.6) is 11.5 Å². The van der Waals surface area contributed by atoms with E-state index in [1.807, 2.05) is 12.1 Å². The van der Waals surface area contributed by atoms with Gasteiger partial charge < -0.3 is 14.8 Å². The highest BCUT2D eigenvalue weighted by atomic mass is 79.9. The summed E-state index contributed by atoms with van der Waals surface area (Å²) in [5, 5.41) is 14.9. The minimum absolute atomic E-state index is 0.000283. The molecule has 0 unspecified atom stereocenters. The third kappa shape index (κ3) is 2.96. The summed E-state index contributed by atoms with van der Waals surface area (Å²) in [6, 6.07) is 9.09. The summed E-state index contributed by atoms with van der Waals surface area (Å²) >= 11 is 3.55. The molecule has 2 aromatic rings. The fraction of sp³-hybridized carbons (Fsp3) is 0.300. The largest absolute Gasteiger partial charge is 0.496 e. The molecular weight excluding hydrogens is 412 g/mol. The Kier molecular flexibility index (Phi) is 4.55. The van der Waals surface area contributed by atoms with Gasteiger partial charge in [-0.1, -0.05) is 28.1 Å². The van der Waals surface area contributed by atoms with Crippen LogP contribution in [0.1, 0.15) is 29.5 Å². The molecular formula is C20H19BrN2O4. The fourth-order valence-corrected chi connectivity index (χ4v) is 4.55. The molecule has 0 bridgehead atoms. The van der Waals surface area contributed by atoms with Gasteiger partial charge in [0.1, 0.15) is 11.5 Å². The molecule has 1 heterocycles. The second-order valence-corrected chi connectivity index (χ2v) is 7.65. The zero-order valence-corrected chi connectivity index (χ0v) is 16.5. The minimum Gasteiger partial charge on any atom is -0.496 e. The molecule has 1 aliphatic carbocycles. The lowest BCUT2D eigenvalue weighted by Crippen LogP contribution is -2.29. The summed E-state index contributed by atoms with van der Waals surface area (Å²) in [4.78, 5) is 11.0. The topological polar surface area (TPSA) is 73.6 Å². The molecule has 27 heavy (non-hydrogen) atoms. The molecule has 1 N–H and O–H groups in total. The predicted octanol–water partition coefficient (Wildman–Crippen LogP) is 5.20. The van der Waals surface area contributed by atoms with Crippen LogP contribution >= 0.6 is 15.9 Å². The first kappa shape index (κ1) is 17.9. The molecule has 0 amide bonds. The van der Waals surface area contributed by atoms with E-state index in [0.29, 0.717) is 5.75 Å². The lowest BCUT2D eigenvalue weighted by atomic mass is 9.76. The summed E-state index contributed by atoms with van der Waals surface area (Å²) in [7, 11) is 3.20. The van der Waals surface area contributed by atoms with Crippen LogP contribution in [0.25, 0.3) is 0 Å². The van der Waals surface area contributed by atoms with E-state index in [1.165, 1.54) is 13.2 Å². The van der Waals surface area contributed by atoms with Crippen molar-refractivity contribution in [1.29, 1.82) is 0 Å². The van der Waals surface area contributed by atoms with Crippen LogP contribution < -0.4 is 14.8 Å². The van der Waals surface area contributed by atoms with Crippen molar-refractivity contribution in [2.45, 2.75) is 18.4 Å². The zero-order chi connectivity index (χ0) is 19.1. The summed E-state index contributed by atoms with van der Waals surface area (Å²) in [5.41, 5.74) is 2.81. The minimum atomic E-state index is -0.375. The van der Waals surface area contributed by atoms with Gasteiger partial charge in [0, 0.05) is 22.0 Å². The lowest BCUT2D eigenvalue weighted by Gasteiger charge is -2.38. The molecule has 3 atom stereocenters. The van der Waals surface area contributed by atoms with Gasteiger partial charge in [0.2, 0.25) is 0 Å². The van der Waals surface area contributed by atoms with Crippen molar-refractivity contribution in [2.24, 2.45) is 5.92 Å².